The maximum absolute atomic E-state index is 12.3. The summed E-state index contributed by atoms with van der Waals surface area (Å²) in [5, 5.41) is 0. The Morgan fingerprint density at radius 2 is 1.67 bits per heavy atom. The van der Waals surface area contributed by atoms with E-state index in [9.17, 15) is 14.4 Å². The van der Waals surface area contributed by atoms with Gasteiger partial charge in [-0.15, -0.1) is 0 Å². The Hall–Kier alpha value is -3.15. The molecule has 0 N–H and O–H groups in total. The first kappa shape index (κ1) is 18.6. The number of rotatable bonds is 7. The first-order chi connectivity index (χ1) is 13.0. The zero-order chi connectivity index (χ0) is 19.4. The molecule has 27 heavy (non-hydrogen) atoms. The maximum atomic E-state index is 12.3. The lowest BCUT2D eigenvalue weighted by Crippen LogP contribution is -2.32. The SMILES string of the molecule is Cc1cccc(OCCOC(=O)CCN2C(=O)c3ccc(C)cc3C2=O)c1. The summed E-state index contributed by atoms with van der Waals surface area (Å²) in [4.78, 5) is 37.6. The van der Waals surface area contributed by atoms with Gasteiger partial charge in [0, 0.05) is 6.54 Å². The minimum Gasteiger partial charge on any atom is -0.490 e. The number of carbonyl (C=O) groups is 3. The fraction of sp³-hybridized carbons (Fsp3) is 0.286. The molecular weight excluding hydrogens is 346 g/mol. The summed E-state index contributed by atoms with van der Waals surface area (Å²) >= 11 is 0. The van der Waals surface area contributed by atoms with E-state index >= 15 is 0 Å². The van der Waals surface area contributed by atoms with Gasteiger partial charge in [0.2, 0.25) is 0 Å². The quantitative estimate of drug-likeness (QED) is 0.427. The highest BCUT2D eigenvalue weighted by atomic mass is 16.6. The Balaban J connectivity index is 1.43. The summed E-state index contributed by atoms with van der Waals surface area (Å²) in [5.74, 6) is -0.497. The summed E-state index contributed by atoms with van der Waals surface area (Å²) < 4.78 is 10.6. The highest BCUT2D eigenvalue weighted by Crippen LogP contribution is 2.24. The fourth-order valence-electron chi connectivity index (χ4n) is 2.90. The van der Waals surface area contributed by atoms with Crippen molar-refractivity contribution in [1.29, 1.82) is 0 Å². The Bertz CT molecular complexity index is 890. The number of esters is 1. The van der Waals surface area contributed by atoms with Crippen molar-refractivity contribution >= 4 is 17.8 Å². The summed E-state index contributed by atoms with van der Waals surface area (Å²) in [5.41, 5.74) is 2.76. The zero-order valence-electron chi connectivity index (χ0n) is 15.4. The standard InChI is InChI=1S/C21H21NO5/c1-14-4-3-5-16(12-14)26-10-11-27-19(23)8-9-22-20(24)17-7-6-15(2)13-18(17)21(22)25/h3-7,12-13H,8-11H2,1-2H3. The first-order valence-electron chi connectivity index (χ1n) is 8.77. The normalized spacial score (nSPS) is 12.9. The molecule has 6 heteroatoms. The largest absolute Gasteiger partial charge is 0.490 e. The van der Waals surface area contributed by atoms with E-state index in [0.717, 1.165) is 16.0 Å². The summed E-state index contributed by atoms with van der Waals surface area (Å²) in [7, 11) is 0. The summed E-state index contributed by atoms with van der Waals surface area (Å²) in [6.07, 6.45) is -0.0467. The van der Waals surface area contributed by atoms with Gasteiger partial charge in [-0.05, 0) is 43.7 Å². The van der Waals surface area contributed by atoms with Crippen molar-refractivity contribution < 1.29 is 23.9 Å². The molecule has 0 bridgehead atoms. The average molecular weight is 367 g/mol. The molecule has 0 aliphatic carbocycles. The number of nitrogens with zero attached hydrogens (tertiary/aromatic N) is 1. The van der Waals surface area contributed by atoms with Crippen LogP contribution in [0.25, 0.3) is 0 Å². The van der Waals surface area contributed by atoms with Crippen molar-refractivity contribution in [2.24, 2.45) is 0 Å². The van der Waals surface area contributed by atoms with E-state index < -0.39 is 5.97 Å². The second-order valence-electron chi connectivity index (χ2n) is 6.45. The Kier molecular flexibility index (Phi) is 5.54. The van der Waals surface area contributed by atoms with E-state index in [1.54, 1.807) is 18.2 Å². The van der Waals surface area contributed by atoms with Crippen LogP contribution in [0.15, 0.2) is 42.5 Å². The van der Waals surface area contributed by atoms with Crippen LogP contribution in [0, 0.1) is 13.8 Å². The lowest BCUT2D eigenvalue weighted by atomic mass is 10.1. The van der Waals surface area contributed by atoms with Crippen molar-refractivity contribution in [3.63, 3.8) is 0 Å². The van der Waals surface area contributed by atoms with Crippen molar-refractivity contribution in [3.8, 4) is 5.75 Å². The molecule has 1 heterocycles. The molecule has 6 nitrogen and oxygen atoms in total. The van der Waals surface area contributed by atoms with Crippen LogP contribution in [-0.2, 0) is 9.53 Å². The number of ether oxygens (including phenoxy) is 2. The van der Waals surface area contributed by atoms with Gasteiger partial charge in [-0.2, -0.15) is 0 Å². The number of fused-ring (bicyclic) bond motifs is 1. The van der Waals surface area contributed by atoms with Gasteiger partial charge in [-0.25, -0.2) is 0 Å². The lowest BCUT2D eigenvalue weighted by Gasteiger charge is -2.13. The van der Waals surface area contributed by atoms with E-state index in [4.69, 9.17) is 9.47 Å². The van der Waals surface area contributed by atoms with Gasteiger partial charge >= 0.3 is 5.97 Å². The lowest BCUT2D eigenvalue weighted by molar-refractivity contribution is -0.144. The molecule has 0 radical (unpaired) electrons. The molecule has 0 fully saturated rings. The number of carbonyl (C=O) groups excluding carboxylic acids is 3. The molecule has 0 unspecified atom stereocenters. The van der Waals surface area contributed by atoms with Crippen molar-refractivity contribution in [2.45, 2.75) is 20.3 Å². The third kappa shape index (κ3) is 4.34. The molecule has 3 rings (SSSR count). The van der Waals surface area contributed by atoms with Gasteiger partial charge in [-0.3, -0.25) is 19.3 Å². The third-order valence-corrected chi connectivity index (χ3v) is 4.27. The van der Waals surface area contributed by atoms with E-state index in [1.807, 2.05) is 38.1 Å². The second-order valence-corrected chi connectivity index (χ2v) is 6.45. The molecule has 0 aromatic heterocycles. The fourth-order valence-corrected chi connectivity index (χ4v) is 2.90. The predicted octanol–water partition coefficient (Wildman–Crippen LogP) is 2.91. The molecule has 2 amide bonds. The van der Waals surface area contributed by atoms with Gasteiger partial charge in [-0.1, -0.05) is 23.8 Å². The van der Waals surface area contributed by atoms with Crippen LogP contribution >= 0.6 is 0 Å². The molecule has 0 atom stereocenters. The first-order valence-corrected chi connectivity index (χ1v) is 8.77. The number of aryl methyl sites for hydroxylation is 2. The molecule has 0 saturated carbocycles. The molecular formula is C21H21NO5. The Morgan fingerprint density at radius 3 is 2.44 bits per heavy atom. The number of hydrogen-bond acceptors (Lipinski definition) is 5. The van der Waals surface area contributed by atoms with E-state index in [2.05, 4.69) is 0 Å². The molecule has 140 valence electrons. The van der Waals surface area contributed by atoms with E-state index in [0.29, 0.717) is 16.9 Å². The topological polar surface area (TPSA) is 72.9 Å². The Morgan fingerprint density at radius 1 is 0.926 bits per heavy atom. The van der Waals surface area contributed by atoms with Crippen molar-refractivity contribution in [3.05, 3.63) is 64.7 Å². The number of imide groups is 1. The Labute approximate surface area is 157 Å². The predicted molar refractivity (Wildman–Crippen MR) is 98.8 cm³/mol. The molecule has 2 aromatic carbocycles. The van der Waals surface area contributed by atoms with Crippen molar-refractivity contribution in [2.75, 3.05) is 19.8 Å². The number of amides is 2. The van der Waals surface area contributed by atoms with Gasteiger partial charge in [0.15, 0.2) is 0 Å². The summed E-state index contributed by atoms with van der Waals surface area (Å²) in [6, 6.07) is 12.7. The monoisotopic (exact) mass is 367 g/mol. The summed E-state index contributed by atoms with van der Waals surface area (Å²) in [6.45, 7) is 4.17. The van der Waals surface area contributed by atoms with Crippen LogP contribution in [0.5, 0.6) is 5.75 Å². The van der Waals surface area contributed by atoms with Crippen LogP contribution in [0.3, 0.4) is 0 Å². The highest BCUT2D eigenvalue weighted by molar-refractivity contribution is 6.21. The third-order valence-electron chi connectivity index (χ3n) is 4.27. The van der Waals surface area contributed by atoms with Gasteiger partial charge in [0.1, 0.15) is 19.0 Å². The smallest absolute Gasteiger partial charge is 0.307 e. The molecule has 1 aliphatic rings. The highest BCUT2D eigenvalue weighted by Gasteiger charge is 2.35. The van der Waals surface area contributed by atoms with E-state index in [-0.39, 0.29) is 38.0 Å². The van der Waals surface area contributed by atoms with Crippen LogP contribution in [0.2, 0.25) is 0 Å². The van der Waals surface area contributed by atoms with Crippen molar-refractivity contribution in [1.82, 2.24) is 4.90 Å². The van der Waals surface area contributed by atoms with Crippen LogP contribution in [-0.4, -0.2) is 42.4 Å². The van der Waals surface area contributed by atoms with Crippen LogP contribution < -0.4 is 4.74 Å². The van der Waals surface area contributed by atoms with Crippen LogP contribution in [0.4, 0.5) is 0 Å². The minimum atomic E-state index is -0.476. The van der Waals surface area contributed by atoms with Crippen LogP contribution in [0.1, 0.15) is 38.3 Å². The van der Waals surface area contributed by atoms with Gasteiger partial charge in [0.05, 0.1) is 17.5 Å². The zero-order valence-corrected chi connectivity index (χ0v) is 15.4. The molecule has 0 spiro atoms. The minimum absolute atomic E-state index is 0.00294. The maximum Gasteiger partial charge on any atom is 0.307 e. The molecule has 2 aromatic rings. The molecule has 0 saturated heterocycles. The average Bonchev–Trinajstić information content (AvgIpc) is 2.87. The number of hydrogen-bond donors (Lipinski definition) is 0. The van der Waals surface area contributed by atoms with E-state index in [1.165, 1.54) is 0 Å². The second kappa shape index (κ2) is 8.03. The van der Waals surface area contributed by atoms with Gasteiger partial charge in [0.25, 0.3) is 11.8 Å². The van der Waals surface area contributed by atoms with Gasteiger partial charge < -0.3 is 9.47 Å². The molecule has 1 aliphatic heterocycles. The number of benzene rings is 2.